The molecule has 0 amide bonds. The number of nitrogens with zero attached hydrogens (tertiary/aromatic N) is 1. The minimum absolute atomic E-state index is 1.11. The standard InChI is InChI=1S/C60H39NS/c1-3-16-41(17-4-1)49-25-11-21-44-22-12-26-50(58(44)49)43-33-35-47(36-34-43)61(57-30-14-29-55-54-28-13-27-51(59(54)62-60(55)57)42-18-5-2-6-19-42)56-38-37-48(52-23-9-10-24-53(52)56)46-32-31-40-15-7-8-20-45(40)39-46/h1-39H. The second-order valence-corrected chi connectivity index (χ2v) is 17.0. The van der Waals surface area contributed by atoms with E-state index in [0.717, 1.165) is 17.1 Å². The first-order valence-electron chi connectivity index (χ1n) is 21.3. The molecule has 0 fully saturated rings. The minimum Gasteiger partial charge on any atom is -0.308 e. The summed E-state index contributed by atoms with van der Waals surface area (Å²) in [6.45, 7) is 0. The molecule has 0 radical (unpaired) electrons. The van der Waals surface area contributed by atoms with E-state index >= 15 is 0 Å². The smallest absolute Gasteiger partial charge is 0.0640 e. The van der Waals surface area contributed by atoms with Crippen molar-refractivity contribution in [3.63, 3.8) is 0 Å². The maximum absolute atomic E-state index is 2.49. The third kappa shape index (κ3) is 6.07. The van der Waals surface area contributed by atoms with Gasteiger partial charge in [0.15, 0.2) is 0 Å². The highest BCUT2D eigenvalue weighted by atomic mass is 32.1. The van der Waals surface area contributed by atoms with Crippen molar-refractivity contribution < 1.29 is 0 Å². The largest absolute Gasteiger partial charge is 0.308 e. The zero-order valence-electron chi connectivity index (χ0n) is 33.9. The van der Waals surface area contributed by atoms with Crippen molar-refractivity contribution in [2.24, 2.45) is 0 Å². The molecule has 0 atom stereocenters. The first-order chi connectivity index (χ1) is 30.8. The van der Waals surface area contributed by atoms with Gasteiger partial charge in [0, 0.05) is 26.5 Å². The Hall–Kier alpha value is -7.78. The normalized spacial score (nSPS) is 11.5. The van der Waals surface area contributed by atoms with Gasteiger partial charge in [0.05, 0.1) is 16.1 Å². The van der Waals surface area contributed by atoms with Gasteiger partial charge in [-0.2, -0.15) is 0 Å². The molecule has 62 heavy (non-hydrogen) atoms. The maximum atomic E-state index is 2.49. The first kappa shape index (κ1) is 36.1. The van der Waals surface area contributed by atoms with Gasteiger partial charge in [-0.15, -0.1) is 11.3 Å². The molecule has 0 spiro atoms. The fourth-order valence-electron chi connectivity index (χ4n) is 9.55. The van der Waals surface area contributed by atoms with Crippen molar-refractivity contribution in [1.29, 1.82) is 0 Å². The van der Waals surface area contributed by atoms with Gasteiger partial charge < -0.3 is 4.90 Å². The Kier molecular flexibility index (Phi) is 8.76. The van der Waals surface area contributed by atoms with Gasteiger partial charge in [0.25, 0.3) is 0 Å². The van der Waals surface area contributed by atoms with Crippen molar-refractivity contribution in [1.82, 2.24) is 0 Å². The van der Waals surface area contributed by atoms with Gasteiger partial charge in [-0.3, -0.25) is 0 Å². The van der Waals surface area contributed by atoms with Crippen molar-refractivity contribution in [2.75, 3.05) is 4.90 Å². The third-order valence-electron chi connectivity index (χ3n) is 12.5. The molecule has 12 aromatic rings. The number of hydrogen-bond donors (Lipinski definition) is 0. The van der Waals surface area contributed by atoms with Crippen molar-refractivity contribution in [3.05, 3.63) is 237 Å². The highest BCUT2D eigenvalue weighted by Gasteiger charge is 2.22. The Labute approximate surface area is 365 Å². The van der Waals surface area contributed by atoms with Gasteiger partial charge in [0.2, 0.25) is 0 Å². The number of fused-ring (bicyclic) bond motifs is 6. The van der Waals surface area contributed by atoms with E-state index in [4.69, 9.17) is 0 Å². The molecule has 0 aliphatic rings. The molecule has 1 heterocycles. The summed E-state index contributed by atoms with van der Waals surface area (Å²) < 4.78 is 2.57. The number of anilines is 3. The summed E-state index contributed by atoms with van der Waals surface area (Å²) >= 11 is 1.89. The lowest BCUT2D eigenvalue weighted by Crippen LogP contribution is -2.11. The van der Waals surface area contributed by atoms with E-state index in [9.17, 15) is 0 Å². The van der Waals surface area contributed by atoms with Crippen LogP contribution in [0.3, 0.4) is 0 Å². The molecule has 0 unspecified atom stereocenters. The van der Waals surface area contributed by atoms with Crippen LogP contribution < -0.4 is 4.90 Å². The van der Waals surface area contributed by atoms with E-state index in [0.29, 0.717) is 0 Å². The third-order valence-corrected chi connectivity index (χ3v) is 13.7. The van der Waals surface area contributed by atoms with E-state index < -0.39 is 0 Å². The van der Waals surface area contributed by atoms with Crippen LogP contribution in [0.5, 0.6) is 0 Å². The summed E-state index contributed by atoms with van der Waals surface area (Å²) in [6, 6.07) is 86.7. The Morgan fingerprint density at radius 2 is 0.806 bits per heavy atom. The predicted octanol–water partition coefficient (Wildman–Crippen LogP) is 17.7. The number of benzene rings is 11. The molecular formula is C60H39NS. The van der Waals surface area contributed by atoms with E-state index in [2.05, 4.69) is 241 Å². The monoisotopic (exact) mass is 805 g/mol. The average Bonchev–Trinajstić information content (AvgIpc) is 3.74. The lowest BCUT2D eigenvalue weighted by Gasteiger charge is -2.28. The Morgan fingerprint density at radius 1 is 0.274 bits per heavy atom. The van der Waals surface area contributed by atoms with E-state index in [-0.39, 0.29) is 0 Å². The molecule has 0 aliphatic carbocycles. The average molecular weight is 806 g/mol. The molecule has 0 saturated heterocycles. The van der Waals surface area contributed by atoms with Gasteiger partial charge in [-0.25, -0.2) is 0 Å². The minimum atomic E-state index is 1.11. The van der Waals surface area contributed by atoms with Crippen LogP contribution in [-0.2, 0) is 0 Å². The van der Waals surface area contributed by atoms with Gasteiger partial charge in [-0.1, -0.05) is 206 Å². The fourth-order valence-corrected chi connectivity index (χ4v) is 10.9. The van der Waals surface area contributed by atoms with Crippen LogP contribution >= 0.6 is 11.3 Å². The topological polar surface area (TPSA) is 3.24 Å². The summed E-state index contributed by atoms with van der Waals surface area (Å²) in [4.78, 5) is 2.49. The van der Waals surface area contributed by atoms with E-state index in [1.54, 1.807) is 0 Å². The first-order valence-corrected chi connectivity index (χ1v) is 22.1. The molecule has 2 heteroatoms. The van der Waals surface area contributed by atoms with E-state index in [1.807, 2.05) is 11.3 Å². The SMILES string of the molecule is c1ccc(-c2cccc3c2sc2c(N(c4ccc(-c5cccc6cccc(-c7ccccc7)c56)cc4)c4ccc(-c5ccc6ccccc6c5)c5ccccc45)cccc23)cc1. The second-order valence-electron chi connectivity index (χ2n) is 16.0. The van der Waals surface area contributed by atoms with E-state index in [1.165, 1.54) is 97.0 Å². The molecule has 1 nitrogen and oxygen atoms in total. The van der Waals surface area contributed by atoms with Crippen molar-refractivity contribution in [3.8, 4) is 44.5 Å². The molecule has 1 aromatic heterocycles. The second kappa shape index (κ2) is 15.0. The lowest BCUT2D eigenvalue weighted by molar-refractivity contribution is 1.32. The molecule has 290 valence electrons. The number of rotatable bonds is 7. The molecule has 0 aliphatic heterocycles. The highest BCUT2D eigenvalue weighted by Crippen LogP contribution is 2.49. The number of hydrogen-bond acceptors (Lipinski definition) is 2. The van der Waals surface area contributed by atoms with Crippen LogP contribution in [0.15, 0.2) is 237 Å². The van der Waals surface area contributed by atoms with Crippen LogP contribution in [0.1, 0.15) is 0 Å². The van der Waals surface area contributed by atoms with Gasteiger partial charge in [0.1, 0.15) is 0 Å². The predicted molar refractivity (Wildman–Crippen MR) is 268 cm³/mol. The highest BCUT2D eigenvalue weighted by molar-refractivity contribution is 7.27. The van der Waals surface area contributed by atoms with Gasteiger partial charge >= 0.3 is 0 Å². The summed E-state index contributed by atoms with van der Waals surface area (Å²) in [7, 11) is 0. The fraction of sp³-hybridized carbons (Fsp3) is 0. The van der Waals surface area contributed by atoms with Crippen molar-refractivity contribution in [2.45, 2.75) is 0 Å². The summed E-state index contributed by atoms with van der Waals surface area (Å²) in [5.74, 6) is 0. The number of thiophene rings is 1. The van der Waals surface area contributed by atoms with Crippen LogP contribution in [0.25, 0.3) is 97.0 Å². The maximum Gasteiger partial charge on any atom is 0.0640 e. The van der Waals surface area contributed by atoms with Crippen LogP contribution in [0, 0.1) is 0 Å². The Balaban J connectivity index is 1.07. The molecule has 0 N–H and O–H groups in total. The summed E-state index contributed by atoms with van der Waals surface area (Å²) in [5.41, 5.74) is 13.2. The molecule has 0 saturated carbocycles. The van der Waals surface area contributed by atoms with Crippen LogP contribution in [-0.4, -0.2) is 0 Å². The zero-order valence-corrected chi connectivity index (χ0v) is 34.7. The molecule has 0 bridgehead atoms. The quantitative estimate of drug-likeness (QED) is 0.155. The molecule has 11 aromatic carbocycles. The van der Waals surface area contributed by atoms with Crippen molar-refractivity contribution >= 4 is 80.9 Å². The zero-order chi connectivity index (χ0) is 41.0. The van der Waals surface area contributed by atoms with Gasteiger partial charge in [-0.05, 0) is 102 Å². The van der Waals surface area contributed by atoms with Crippen LogP contribution in [0.2, 0.25) is 0 Å². The molecular weight excluding hydrogens is 767 g/mol. The van der Waals surface area contributed by atoms with Crippen LogP contribution in [0.4, 0.5) is 17.1 Å². The summed E-state index contributed by atoms with van der Waals surface area (Å²) in [6.07, 6.45) is 0. The summed E-state index contributed by atoms with van der Waals surface area (Å²) in [5, 5.41) is 9.97. The molecule has 12 rings (SSSR count). The Bertz CT molecular complexity index is 3620. The lowest BCUT2D eigenvalue weighted by atomic mass is 9.91. The Morgan fingerprint density at radius 3 is 1.55 bits per heavy atom.